The number of hydrogen-bond donors (Lipinski definition) is 1. The number of rotatable bonds is 6. The SMILES string of the molecule is CN(C)C(=O)[O-].C[N+](Cc1ccccc1)(Cc1ccccc1)Cc1ncccc1O.[Br-]. The zero-order valence-electron chi connectivity index (χ0n) is 18.1. The third-order valence-electron chi connectivity index (χ3n) is 4.58. The summed E-state index contributed by atoms with van der Waals surface area (Å²) in [5, 5.41) is 19.6. The van der Waals surface area contributed by atoms with Crippen molar-refractivity contribution in [3.05, 3.63) is 95.8 Å². The van der Waals surface area contributed by atoms with E-state index in [1.165, 1.54) is 25.2 Å². The number of quaternary nitrogens is 1. The highest BCUT2D eigenvalue weighted by atomic mass is 79.9. The van der Waals surface area contributed by atoms with Crippen molar-refractivity contribution in [3.8, 4) is 5.75 Å². The smallest absolute Gasteiger partial charge is 0.142 e. The summed E-state index contributed by atoms with van der Waals surface area (Å²) in [6.07, 6.45) is 0.583. The number of amides is 1. The summed E-state index contributed by atoms with van der Waals surface area (Å²) in [6.45, 7) is 2.44. The van der Waals surface area contributed by atoms with Gasteiger partial charge in [0.15, 0.2) is 0 Å². The average Bonchev–Trinajstić information content (AvgIpc) is 2.71. The van der Waals surface area contributed by atoms with E-state index in [2.05, 4.69) is 60.6 Å². The molecule has 7 heteroatoms. The minimum absolute atomic E-state index is 0. The molecule has 0 saturated heterocycles. The summed E-state index contributed by atoms with van der Waals surface area (Å²) in [5.74, 6) is 0.267. The summed E-state index contributed by atoms with van der Waals surface area (Å²) in [4.78, 5) is 14.9. The molecule has 0 fully saturated rings. The van der Waals surface area contributed by atoms with Crippen molar-refractivity contribution >= 4 is 6.09 Å². The van der Waals surface area contributed by atoms with E-state index >= 15 is 0 Å². The van der Waals surface area contributed by atoms with E-state index in [-0.39, 0.29) is 22.7 Å². The van der Waals surface area contributed by atoms with Gasteiger partial charge < -0.3 is 41.4 Å². The van der Waals surface area contributed by atoms with Gasteiger partial charge in [-0.05, 0) is 12.1 Å². The predicted molar refractivity (Wildman–Crippen MR) is 115 cm³/mol. The van der Waals surface area contributed by atoms with E-state index < -0.39 is 6.09 Å². The maximum absolute atomic E-state index is 10.1. The van der Waals surface area contributed by atoms with Crippen LogP contribution in [0.3, 0.4) is 0 Å². The van der Waals surface area contributed by atoms with E-state index in [0.29, 0.717) is 6.54 Å². The van der Waals surface area contributed by atoms with Crippen LogP contribution in [0.15, 0.2) is 79.0 Å². The van der Waals surface area contributed by atoms with Crippen LogP contribution in [0, 0.1) is 0 Å². The minimum Gasteiger partial charge on any atom is -1.00 e. The number of carbonyl (C=O) groups is 1. The van der Waals surface area contributed by atoms with E-state index in [0.717, 1.165) is 28.2 Å². The van der Waals surface area contributed by atoms with Gasteiger partial charge in [-0.3, -0.25) is 4.98 Å². The molecule has 166 valence electrons. The van der Waals surface area contributed by atoms with Crippen molar-refractivity contribution < 1.29 is 36.5 Å². The Kier molecular flexibility index (Phi) is 10.7. The molecule has 0 aliphatic rings. The van der Waals surface area contributed by atoms with Gasteiger partial charge in [0.2, 0.25) is 0 Å². The standard InChI is InChI=1S/C21H22N2O.C3H7NO2.BrH/c1-23(15-18-9-4-2-5-10-18,16-19-11-6-3-7-12-19)17-20-21(24)13-8-14-22-20;1-4(2)3(5)6;/h2-14H,15-17H2,1H3;1-2H3,(H,5,6);1H/p-1. The van der Waals surface area contributed by atoms with Crippen LogP contribution in [0.4, 0.5) is 4.79 Å². The molecule has 1 N–H and O–H groups in total. The van der Waals surface area contributed by atoms with Crippen LogP contribution in [0.1, 0.15) is 16.8 Å². The Morgan fingerprint density at radius 1 is 0.903 bits per heavy atom. The van der Waals surface area contributed by atoms with Crippen LogP contribution >= 0.6 is 0 Å². The van der Waals surface area contributed by atoms with Crippen molar-refractivity contribution in [1.82, 2.24) is 9.88 Å². The lowest BCUT2D eigenvalue weighted by molar-refractivity contribution is -0.948. The van der Waals surface area contributed by atoms with E-state index in [4.69, 9.17) is 0 Å². The van der Waals surface area contributed by atoms with Crippen LogP contribution in [-0.4, -0.2) is 46.7 Å². The van der Waals surface area contributed by atoms with Gasteiger partial charge in [-0.2, -0.15) is 0 Å². The molecule has 31 heavy (non-hydrogen) atoms. The molecule has 1 heterocycles. The molecule has 3 aromatic rings. The molecular weight excluding hydrogens is 458 g/mol. The van der Waals surface area contributed by atoms with Crippen molar-refractivity contribution in [2.75, 3.05) is 21.1 Å². The lowest BCUT2D eigenvalue weighted by Crippen LogP contribution is -3.00. The predicted octanol–water partition coefficient (Wildman–Crippen LogP) is 0.0295. The molecule has 0 unspecified atom stereocenters. The molecule has 0 aliphatic heterocycles. The number of benzene rings is 2. The Labute approximate surface area is 194 Å². The second kappa shape index (κ2) is 12.7. The molecule has 6 nitrogen and oxygen atoms in total. The normalized spacial score (nSPS) is 10.3. The summed E-state index contributed by atoms with van der Waals surface area (Å²) in [7, 11) is 5.04. The van der Waals surface area contributed by atoms with Gasteiger partial charge in [0, 0.05) is 31.4 Å². The van der Waals surface area contributed by atoms with Crippen LogP contribution in [0.5, 0.6) is 5.75 Å². The first-order valence-corrected chi connectivity index (χ1v) is 9.71. The van der Waals surface area contributed by atoms with Crippen molar-refractivity contribution in [2.24, 2.45) is 0 Å². The number of aromatic nitrogens is 1. The second-order valence-electron chi connectivity index (χ2n) is 7.69. The number of aromatic hydroxyl groups is 1. The molecule has 2 aromatic carbocycles. The summed E-state index contributed by atoms with van der Waals surface area (Å²) >= 11 is 0. The largest absolute Gasteiger partial charge is 1.00 e. The Morgan fingerprint density at radius 2 is 1.35 bits per heavy atom. The molecule has 0 bridgehead atoms. The van der Waals surface area contributed by atoms with Crippen molar-refractivity contribution in [2.45, 2.75) is 19.6 Å². The van der Waals surface area contributed by atoms with Gasteiger partial charge in [-0.25, -0.2) is 0 Å². The fourth-order valence-electron chi connectivity index (χ4n) is 3.13. The highest BCUT2D eigenvalue weighted by Gasteiger charge is 2.25. The van der Waals surface area contributed by atoms with Crippen LogP contribution in [-0.2, 0) is 19.6 Å². The molecule has 0 aliphatic carbocycles. The molecule has 0 spiro atoms. The third-order valence-corrected chi connectivity index (χ3v) is 4.58. The number of pyridine rings is 1. The van der Waals surface area contributed by atoms with Crippen LogP contribution in [0.2, 0.25) is 0 Å². The fraction of sp³-hybridized carbons (Fsp3) is 0.250. The number of hydrogen-bond acceptors (Lipinski definition) is 4. The van der Waals surface area contributed by atoms with E-state index in [1.54, 1.807) is 18.3 Å². The summed E-state index contributed by atoms with van der Waals surface area (Å²) in [5.41, 5.74) is 3.31. The van der Waals surface area contributed by atoms with Gasteiger partial charge >= 0.3 is 0 Å². The highest BCUT2D eigenvalue weighted by molar-refractivity contribution is 5.61. The molecule has 1 amide bonds. The van der Waals surface area contributed by atoms with Gasteiger partial charge in [-0.1, -0.05) is 60.7 Å². The third kappa shape index (κ3) is 9.19. The van der Waals surface area contributed by atoms with Gasteiger partial charge in [-0.15, -0.1) is 0 Å². The highest BCUT2D eigenvalue weighted by Crippen LogP contribution is 2.24. The minimum atomic E-state index is -1.16. The number of nitrogens with zero attached hydrogens (tertiary/aromatic N) is 3. The molecule has 0 atom stereocenters. The number of halogens is 1. The molecular formula is C24H29BrN3O3-. The zero-order valence-corrected chi connectivity index (χ0v) is 19.7. The lowest BCUT2D eigenvalue weighted by Gasteiger charge is -2.34. The molecule has 0 saturated carbocycles. The quantitative estimate of drug-likeness (QED) is 0.498. The Hall–Kier alpha value is -2.90. The second-order valence-corrected chi connectivity index (χ2v) is 7.69. The molecule has 0 radical (unpaired) electrons. The number of carbonyl (C=O) groups excluding carboxylic acids is 1. The summed E-state index contributed by atoms with van der Waals surface area (Å²) in [6, 6.07) is 24.4. The maximum Gasteiger partial charge on any atom is 0.142 e. The Morgan fingerprint density at radius 3 is 1.74 bits per heavy atom. The van der Waals surface area contributed by atoms with Gasteiger partial charge in [0.1, 0.15) is 37.2 Å². The average molecular weight is 487 g/mol. The summed E-state index contributed by atoms with van der Waals surface area (Å²) < 4.78 is 0.749. The number of carboxylic acid groups (broad SMARTS) is 1. The first kappa shape index (κ1) is 26.1. The van der Waals surface area contributed by atoms with Crippen LogP contribution < -0.4 is 22.1 Å². The Bertz CT molecular complexity index is 880. The maximum atomic E-state index is 10.1. The van der Waals surface area contributed by atoms with Crippen LogP contribution in [0.25, 0.3) is 0 Å². The van der Waals surface area contributed by atoms with Gasteiger partial charge in [0.05, 0.1) is 7.05 Å². The zero-order chi connectivity index (χ0) is 22.0. The fourth-order valence-corrected chi connectivity index (χ4v) is 3.13. The topological polar surface area (TPSA) is 76.5 Å². The van der Waals surface area contributed by atoms with E-state index in [9.17, 15) is 15.0 Å². The monoisotopic (exact) mass is 486 g/mol. The molecule has 3 rings (SSSR count). The molecule has 1 aromatic heterocycles. The van der Waals surface area contributed by atoms with Crippen molar-refractivity contribution in [3.63, 3.8) is 0 Å². The first-order valence-electron chi connectivity index (χ1n) is 9.71. The lowest BCUT2D eigenvalue weighted by atomic mass is 10.1. The first-order chi connectivity index (χ1) is 14.3. The van der Waals surface area contributed by atoms with E-state index in [1.807, 2.05) is 12.1 Å². The van der Waals surface area contributed by atoms with Gasteiger partial charge in [0.25, 0.3) is 0 Å². The van der Waals surface area contributed by atoms with Crippen molar-refractivity contribution in [1.29, 1.82) is 0 Å². The Balaban J connectivity index is 0.000000607.